The van der Waals surface area contributed by atoms with Crippen LogP contribution in [-0.4, -0.2) is 57.9 Å². The second-order valence-electron chi connectivity index (χ2n) is 8.97. The van der Waals surface area contributed by atoms with E-state index in [1.54, 1.807) is 18.2 Å². The van der Waals surface area contributed by atoms with Gasteiger partial charge in [0.15, 0.2) is 0 Å². The number of rotatable bonds is 10. The van der Waals surface area contributed by atoms with Gasteiger partial charge in [-0.25, -0.2) is 9.59 Å². The molecule has 1 aliphatic heterocycles. The Balaban J connectivity index is 1.73. The van der Waals surface area contributed by atoms with Crippen molar-refractivity contribution in [2.24, 2.45) is 5.92 Å². The van der Waals surface area contributed by atoms with Crippen LogP contribution in [0.3, 0.4) is 0 Å². The van der Waals surface area contributed by atoms with Crippen molar-refractivity contribution in [2.75, 3.05) is 13.1 Å². The SMILES string of the molecule is Cc1ccc2c(c1)C(=O)N(CC[C@H](C(=O)O)N(CCC(C)C)C(=O)NCc1ccccc1)C2=O. The lowest BCUT2D eigenvalue weighted by molar-refractivity contribution is -0.142. The molecule has 2 aromatic carbocycles. The minimum absolute atomic E-state index is 0.0589. The molecule has 0 spiro atoms. The first kappa shape index (κ1) is 25.0. The lowest BCUT2D eigenvalue weighted by Gasteiger charge is -2.30. The highest BCUT2D eigenvalue weighted by molar-refractivity contribution is 6.21. The van der Waals surface area contributed by atoms with Gasteiger partial charge in [0.1, 0.15) is 6.04 Å². The van der Waals surface area contributed by atoms with Crippen LogP contribution in [0.4, 0.5) is 4.79 Å². The van der Waals surface area contributed by atoms with Crippen LogP contribution in [0.2, 0.25) is 0 Å². The molecular formula is C26H31N3O5. The highest BCUT2D eigenvalue weighted by Crippen LogP contribution is 2.24. The van der Waals surface area contributed by atoms with Crippen LogP contribution in [0.25, 0.3) is 0 Å². The first-order chi connectivity index (χ1) is 16.2. The third kappa shape index (κ3) is 5.81. The van der Waals surface area contributed by atoms with Gasteiger partial charge in [0.2, 0.25) is 0 Å². The summed E-state index contributed by atoms with van der Waals surface area (Å²) in [5.41, 5.74) is 2.40. The lowest BCUT2D eigenvalue weighted by Crippen LogP contribution is -2.51. The van der Waals surface area contributed by atoms with Crippen molar-refractivity contribution in [3.8, 4) is 0 Å². The van der Waals surface area contributed by atoms with Crippen molar-refractivity contribution in [3.63, 3.8) is 0 Å². The molecule has 8 nitrogen and oxygen atoms in total. The molecule has 2 aromatic rings. The Hall–Kier alpha value is -3.68. The standard InChI is InChI=1S/C26H31N3O5/c1-17(2)11-13-28(26(34)27-16-19-7-5-4-6-8-19)22(25(32)33)12-14-29-23(30)20-10-9-18(3)15-21(20)24(29)31/h4-10,15,17,22H,11-14,16H2,1-3H3,(H,27,34)(H,32,33)/t22-/m1/s1. The Morgan fingerprint density at radius 2 is 1.68 bits per heavy atom. The van der Waals surface area contributed by atoms with E-state index in [4.69, 9.17) is 0 Å². The summed E-state index contributed by atoms with van der Waals surface area (Å²) in [6.07, 6.45) is 0.561. The predicted octanol–water partition coefficient (Wildman–Crippen LogP) is 3.69. The van der Waals surface area contributed by atoms with E-state index in [1.165, 1.54) is 4.90 Å². The smallest absolute Gasteiger partial charge is 0.326 e. The van der Waals surface area contributed by atoms with Crippen molar-refractivity contribution >= 4 is 23.8 Å². The molecule has 1 aliphatic rings. The second-order valence-corrected chi connectivity index (χ2v) is 8.97. The number of amides is 4. The number of hydrogen-bond donors (Lipinski definition) is 2. The van der Waals surface area contributed by atoms with Crippen LogP contribution < -0.4 is 5.32 Å². The number of aryl methyl sites for hydroxylation is 1. The average molecular weight is 466 g/mol. The number of carboxylic acids is 1. The molecule has 34 heavy (non-hydrogen) atoms. The number of urea groups is 1. The van der Waals surface area contributed by atoms with Gasteiger partial charge in [0, 0.05) is 19.6 Å². The number of carbonyl (C=O) groups excluding carboxylic acids is 3. The maximum atomic E-state index is 13.0. The summed E-state index contributed by atoms with van der Waals surface area (Å²) in [5.74, 6) is -1.79. The summed E-state index contributed by atoms with van der Waals surface area (Å²) in [4.78, 5) is 53.1. The predicted molar refractivity (Wildman–Crippen MR) is 127 cm³/mol. The molecule has 0 fully saturated rings. The Bertz CT molecular complexity index is 1070. The van der Waals surface area contributed by atoms with Crippen LogP contribution in [0, 0.1) is 12.8 Å². The fourth-order valence-corrected chi connectivity index (χ4v) is 3.94. The first-order valence-electron chi connectivity index (χ1n) is 11.5. The van der Waals surface area contributed by atoms with Crippen molar-refractivity contribution in [2.45, 2.75) is 46.2 Å². The highest BCUT2D eigenvalue weighted by Gasteiger charge is 2.37. The van der Waals surface area contributed by atoms with Crippen molar-refractivity contribution in [3.05, 3.63) is 70.8 Å². The number of imide groups is 1. The third-order valence-corrected chi connectivity index (χ3v) is 5.91. The molecule has 180 valence electrons. The van der Waals surface area contributed by atoms with Crippen LogP contribution in [0.5, 0.6) is 0 Å². The molecule has 1 heterocycles. The van der Waals surface area contributed by atoms with Gasteiger partial charge in [-0.1, -0.05) is 55.8 Å². The van der Waals surface area contributed by atoms with E-state index in [0.717, 1.165) is 16.0 Å². The van der Waals surface area contributed by atoms with Crippen molar-refractivity contribution < 1.29 is 24.3 Å². The minimum Gasteiger partial charge on any atom is -0.480 e. The minimum atomic E-state index is -1.18. The van der Waals surface area contributed by atoms with Gasteiger partial charge in [-0.2, -0.15) is 0 Å². The van der Waals surface area contributed by atoms with E-state index >= 15 is 0 Å². The van der Waals surface area contributed by atoms with Gasteiger partial charge >= 0.3 is 12.0 Å². The van der Waals surface area contributed by atoms with E-state index in [-0.39, 0.29) is 32.0 Å². The normalized spacial score (nSPS) is 13.7. The molecule has 3 rings (SSSR count). The highest BCUT2D eigenvalue weighted by atomic mass is 16.4. The maximum Gasteiger partial charge on any atom is 0.326 e. The van der Waals surface area contributed by atoms with Gasteiger partial charge in [0.25, 0.3) is 11.8 Å². The van der Waals surface area contributed by atoms with Crippen molar-refractivity contribution in [1.29, 1.82) is 0 Å². The van der Waals surface area contributed by atoms with E-state index in [2.05, 4.69) is 5.32 Å². The molecule has 2 N–H and O–H groups in total. The van der Waals surface area contributed by atoms with Gasteiger partial charge in [-0.3, -0.25) is 14.5 Å². The van der Waals surface area contributed by atoms with Gasteiger partial charge in [0.05, 0.1) is 11.1 Å². The third-order valence-electron chi connectivity index (χ3n) is 5.91. The van der Waals surface area contributed by atoms with E-state index in [1.807, 2.05) is 51.1 Å². The van der Waals surface area contributed by atoms with E-state index < -0.39 is 29.9 Å². The summed E-state index contributed by atoms with van der Waals surface area (Å²) in [6.45, 7) is 6.25. The zero-order chi connectivity index (χ0) is 24.8. The quantitative estimate of drug-likeness (QED) is 0.521. The van der Waals surface area contributed by atoms with Gasteiger partial charge in [-0.05, 0) is 43.4 Å². The summed E-state index contributed by atoms with van der Waals surface area (Å²) in [7, 11) is 0. The maximum absolute atomic E-state index is 13.0. The molecule has 8 heteroatoms. The molecule has 0 bridgehead atoms. The van der Waals surface area contributed by atoms with Gasteiger partial charge in [-0.15, -0.1) is 0 Å². The van der Waals surface area contributed by atoms with Crippen LogP contribution in [-0.2, 0) is 11.3 Å². The van der Waals surface area contributed by atoms with Crippen molar-refractivity contribution in [1.82, 2.24) is 15.1 Å². The molecular weight excluding hydrogens is 434 g/mol. The average Bonchev–Trinajstić information content (AvgIpc) is 3.03. The zero-order valence-electron chi connectivity index (χ0n) is 19.8. The number of carboxylic acid groups (broad SMARTS) is 1. The Kier molecular flexibility index (Phi) is 8.04. The van der Waals surface area contributed by atoms with E-state index in [0.29, 0.717) is 17.5 Å². The summed E-state index contributed by atoms with van der Waals surface area (Å²) in [5, 5.41) is 12.7. The zero-order valence-corrected chi connectivity index (χ0v) is 19.8. The van der Waals surface area contributed by atoms with Crippen LogP contribution in [0.1, 0.15) is 58.5 Å². The fraction of sp³-hybridized carbons (Fsp3) is 0.385. The number of hydrogen-bond acceptors (Lipinski definition) is 4. The Morgan fingerprint density at radius 1 is 1.00 bits per heavy atom. The summed E-state index contributed by atoms with van der Waals surface area (Å²) < 4.78 is 0. The molecule has 0 saturated heterocycles. The lowest BCUT2D eigenvalue weighted by atomic mass is 10.1. The monoisotopic (exact) mass is 465 g/mol. The Morgan fingerprint density at radius 3 is 2.32 bits per heavy atom. The van der Waals surface area contributed by atoms with Gasteiger partial charge < -0.3 is 15.3 Å². The molecule has 1 atom stereocenters. The number of benzene rings is 2. The largest absolute Gasteiger partial charge is 0.480 e. The topological polar surface area (TPSA) is 107 Å². The van der Waals surface area contributed by atoms with Crippen LogP contribution >= 0.6 is 0 Å². The Labute approximate surface area is 199 Å². The second kappa shape index (κ2) is 11.0. The molecule has 0 radical (unpaired) electrons. The molecule has 0 aromatic heterocycles. The summed E-state index contributed by atoms with van der Waals surface area (Å²) in [6, 6.07) is 12.7. The number of nitrogens with zero attached hydrogens (tertiary/aromatic N) is 2. The number of fused-ring (bicyclic) bond motifs is 1. The number of nitrogens with one attached hydrogen (secondary N) is 1. The van der Waals surface area contributed by atoms with E-state index in [9.17, 15) is 24.3 Å². The van der Waals surface area contributed by atoms with Crippen LogP contribution in [0.15, 0.2) is 48.5 Å². The number of carbonyl (C=O) groups is 4. The summed E-state index contributed by atoms with van der Waals surface area (Å²) >= 11 is 0. The molecule has 0 unspecified atom stereocenters. The molecule has 0 saturated carbocycles. The number of aliphatic carboxylic acids is 1. The fourth-order valence-electron chi connectivity index (χ4n) is 3.94. The molecule has 0 aliphatic carbocycles. The first-order valence-corrected chi connectivity index (χ1v) is 11.5. The molecule has 4 amide bonds.